The van der Waals surface area contributed by atoms with Crippen LogP contribution < -0.4 is 10.2 Å². The molecule has 5 nitrogen and oxygen atoms in total. The Hall–Kier alpha value is -1.47. The van der Waals surface area contributed by atoms with E-state index < -0.39 is 0 Å². The van der Waals surface area contributed by atoms with Gasteiger partial charge in [-0.15, -0.1) is 5.10 Å². The molecule has 1 aromatic rings. The van der Waals surface area contributed by atoms with E-state index in [4.69, 9.17) is 0 Å². The second kappa shape index (κ2) is 7.00. The second-order valence-electron chi connectivity index (χ2n) is 4.68. The van der Waals surface area contributed by atoms with Gasteiger partial charge < -0.3 is 10.2 Å². The van der Waals surface area contributed by atoms with Crippen LogP contribution in [0.15, 0.2) is 34.5 Å². The molecule has 0 aromatic heterocycles. The van der Waals surface area contributed by atoms with Crippen molar-refractivity contribution in [3.05, 3.63) is 29.8 Å². The van der Waals surface area contributed by atoms with Gasteiger partial charge in [0.25, 0.3) is 0 Å². The molecule has 2 heterocycles. The molecule has 1 amide bonds. The molecule has 2 aliphatic heterocycles. The smallest absolute Gasteiger partial charge is 0.236 e. The lowest BCUT2D eigenvalue weighted by molar-refractivity contribution is -0.116. The third-order valence-corrected chi connectivity index (χ3v) is 5.02. The lowest BCUT2D eigenvalue weighted by Crippen LogP contribution is -2.32. The first kappa shape index (κ1) is 14.5. The summed E-state index contributed by atoms with van der Waals surface area (Å²) in [6.07, 6.45) is 1.70. The number of benzene rings is 1. The minimum absolute atomic E-state index is 0.0157. The van der Waals surface area contributed by atoms with Crippen molar-refractivity contribution in [1.82, 2.24) is 5.32 Å². The molecule has 0 radical (unpaired) electrons. The van der Waals surface area contributed by atoms with Crippen LogP contribution in [0.5, 0.6) is 0 Å². The van der Waals surface area contributed by atoms with E-state index in [2.05, 4.69) is 32.6 Å². The molecule has 1 aromatic carbocycles. The van der Waals surface area contributed by atoms with Gasteiger partial charge >= 0.3 is 0 Å². The quantitative estimate of drug-likeness (QED) is 0.681. The minimum atomic E-state index is -0.0157. The first-order valence-electron chi connectivity index (χ1n) is 6.78. The predicted molar refractivity (Wildman–Crippen MR) is 91.6 cm³/mol. The number of nitrogens with zero attached hydrogens (tertiary/aromatic N) is 3. The Labute approximate surface area is 132 Å². The zero-order valence-corrected chi connectivity index (χ0v) is 13.1. The number of rotatable bonds is 3. The zero-order valence-electron chi connectivity index (χ0n) is 11.5. The highest BCUT2D eigenvalue weighted by atomic mass is 32.2. The minimum Gasteiger partial charge on any atom is -0.370 e. The van der Waals surface area contributed by atoms with Crippen LogP contribution in [0.4, 0.5) is 5.69 Å². The monoisotopic (exact) mass is 320 g/mol. The fourth-order valence-electron chi connectivity index (χ4n) is 2.12. The lowest BCUT2D eigenvalue weighted by Gasteiger charge is -2.28. The Morgan fingerprint density at radius 2 is 1.95 bits per heavy atom. The van der Waals surface area contributed by atoms with E-state index in [1.807, 2.05) is 23.9 Å². The molecule has 2 fully saturated rings. The summed E-state index contributed by atoms with van der Waals surface area (Å²) < 4.78 is 0. The molecular formula is C14H16N4OS2. The molecule has 7 heteroatoms. The van der Waals surface area contributed by atoms with Gasteiger partial charge in [-0.25, -0.2) is 0 Å². The molecule has 3 rings (SSSR count). The van der Waals surface area contributed by atoms with Gasteiger partial charge in [0.05, 0.1) is 12.0 Å². The summed E-state index contributed by atoms with van der Waals surface area (Å²) >= 11 is 3.38. The van der Waals surface area contributed by atoms with Crippen LogP contribution in [0.2, 0.25) is 0 Å². The first-order chi connectivity index (χ1) is 10.3. The van der Waals surface area contributed by atoms with Gasteiger partial charge in [0.2, 0.25) is 5.91 Å². The van der Waals surface area contributed by atoms with Gasteiger partial charge in [-0.05, 0) is 17.7 Å². The summed E-state index contributed by atoms with van der Waals surface area (Å²) in [7, 11) is 0. The molecule has 0 bridgehead atoms. The normalized spacial score (nSPS) is 21.2. The standard InChI is InChI=1S/C14H16N4OS2/c19-13-10-21-14(16-13)17-15-9-11-1-3-12(4-2-11)18-5-7-20-8-6-18/h1-4,9H,5-8,10H2,(H,16,17,19). The fraction of sp³-hybridized carbons (Fsp3) is 0.357. The zero-order chi connectivity index (χ0) is 14.5. The molecule has 21 heavy (non-hydrogen) atoms. The molecule has 0 saturated carbocycles. The Morgan fingerprint density at radius 1 is 1.19 bits per heavy atom. The molecule has 2 aliphatic rings. The Kier molecular flexibility index (Phi) is 4.82. The van der Waals surface area contributed by atoms with Gasteiger partial charge in [0.15, 0.2) is 5.17 Å². The van der Waals surface area contributed by atoms with E-state index in [9.17, 15) is 4.79 Å². The molecule has 110 valence electrons. The molecule has 0 aliphatic carbocycles. The van der Waals surface area contributed by atoms with Crippen molar-refractivity contribution in [2.45, 2.75) is 0 Å². The lowest BCUT2D eigenvalue weighted by atomic mass is 10.2. The summed E-state index contributed by atoms with van der Waals surface area (Å²) in [6, 6.07) is 8.33. The molecule has 2 saturated heterocycles. The molecular weight excluding hydrogens is 304 g/mol. The van der Waals surface area contributed by atoms with E-state index in [0.717, 1.165) is 18.7 Å². The average molecular weight is 320 g/mol. The maximum atomic E-state index is 11.0. The van der Waals surface area contributed by atoms with Crippen LogP contribution in [0.3, 0.4) is 0 Å². The maximum absolute atomic E-state index is 11.0. The molecule has 0 atom stereocenters. The molecule has 0 unspecified atom stereocenters. The number of carbonyl (C=O) groups excluding carboxylic acids is 1. The van der Waals surface area contributed by atoms with E-state index >= 15 is 0 Å². The largest absolute Gasteiger partial charge is 0.370 e. The summed E-state index contributed by atoms with van der Waals surface area (Å²) in [6.45, 7) is 2.23. The Morgan fingerprint density at radius 3 is 2.62 bits per heavy atom. The van der Waals surface area contributed by atoms with E-state index in [0.29, 0.717) is 10.9 Å². The van der Waals surface area contributed by atoms with Gasteiger partial charge in [0, 0.05) is 30.3 Å². The first-order valence-corrected chi connectivity index (χ1v) is 8.92. The third-order valence-electron chi connectivity index (χ3n) is 3.21. The maximum Gasteiger partial charge on any atom is 0.236 e. The number of hydrogen-bond donors (Lipinski definition) is 1. The number of anilines is 1. The highest BCUT2D eigenvalue weighted by Crippen LogP contribution is 2.19. The van der Waals surface area contributed by atoms with Crippen LogP contribution >= 0.6 is 23.5 Å². The Bertz CT molecular complexity index is 565. The van der Waals surface area contributed by atoms with Crippen molar-refractivity contribution in [1.29, 1.82) is 0 Å². The van der Waals surface area contributed by atoms with Crippen molar-refractivity contribution in [3.8, 4) is 0 Å². The SMILES string of the molecule is O=C1CSC(=NN=Cc2ccc(N3CCSCC3)cc2)N1. The van der Waals surface area contributed by atoms with Crippen molar-refractivity contribution < 1.29 is 4.79 Å². The summed E-state index contributed by atoms with van der Waals surface area (Å²) in [4.78, 5) is 13.4. The van der Waals surface area contributed by atoms with E-state index in [1.54, 1.807) is 6.21 Å². The van der Waals surface area contributed by atoms with Crippen molar-refractivity contribution in [2.24, 2.45) is 10.2 Å². The average Bonchev–Trinajstić information content (AvgIpc) is 2.94. The number of amidine groups is 1. The van der Waals surface area contributed by atoms with Gasteiger partial charge in [-0.3, -0.25) is 4.79 Å². The Balaban J connectivity index is 1.60. The number of amides is 1. The van der Waals surface area contributed by atoms with Crippen LogP contribution in [-0.2, 0) is 4.79 Å². The second-order valence-corrected chi connectivity index (χ2v) is 6.87. The summed E-state index contributed by atoms with van der Waals surface area (Å²) in [5, 5.41) is 11.2. The number of carbonyl (C=O) groups is 1. The fourth-order valence-corrected chi connectivity index (χ4v) is 3.65. The van der Waals surface area contributed by atoms with Crippen LogP contribution in [0, 0.1) is 0 Å². The van der Waals surface area contributed by atoms with Crippen LogP contribution in [-0.4, -0.2) is 47.6 Å². The van der Waals surface area contributed by atoms with Crippen molar-refractivity contribution in [3.63, 3.8) is 0 Å². The van der Waals surface area contributed by atoms with Gasteiger partial charge in [0.1, 0.15) is 0 Å². The van der Waals surface area contributed by atoms with Gasteiger partial charge in [-0.1, -0.05) is 23.9 Å². The third kappa shape index (κ3) is 4.01. The summed E-state index contributed by atoms with van der Waals surface area (Å²) in [5.41, 5.74) is 2.26. The van der Waals surface area contributed by atoms with Crippen LogP contribution in [0.1, 0.15) is 5.56 Å². The molecule has 0 spiro atoms. The summed E-state index contributed by atoms with van der Waals surface area (Å²) in [5.74, 6) is 2.81. The van der Waals surface area contributed by atoms with Gasteiger partial charge in [-0.2, -0.15) is 16.9 Å². The topological polar surface area (TPSA) is 57.1 Å². The molecule has 1 N–H and O–H groups in total. The van der Waals surface area contributed by atoms with Crippen LogP contribution in [0.25, 0.3) is 0 Å². The predicted octanol–water partition coefficient (Wildman–Crippen LogP) is 1.79. The van der Waals surface area contributed by atoms with E-state index in [-0.39, 0.29) is 5.91 Å². The number of nitrogens with one attached hydrogen (secondary N) is 1. The highest BCUT2D eigenvalue weighted by Gasteiger charge is 2.15. The number of thioether (sulfide) groups is 2. The van der Waals surface area contributed by atoms with E-state index in [1.165, 1.54) is 29.0 Å². The highest BCUT2D eigenvalue weighted by molar-refractivity contribution is 8.15. The number of hydrogen-bond acceptors (Lipinski definition) is 6. The van der Waals surface area contributed by atoms with Crippen molar-refractivity contribution in [2.75, 3.05) is 35.2 Å². The van der Waals surface area contributed by atoms with Crippen molar-refractivity contribution >= 4 is 46.5 Å².